The minimum Gasteiger partial charge on any atom is -0.468 e. The Labute approximate surface area is 86.9 Å². The van der Waals surface area contributed by atoms with E-state index in [4.69, 9.17) is 5.26 Å². The zero-order valence-corrected chi connectivity index (χ0v) is 8.44. The fourth-order valence-corrected chi connectivity index (χ4v) is 0.928. The summed E-state index contributed by atoms with van der Waals surface area (Å²) in [6, 6.07) is 3.46. The van der Waals surface area contributed by atoms with Crippen LogP contribution in [0, 0.1) is 18.3 Å². The maximum Gasteiger partial charge on any atom is 0.325 e. The highest BCUT2D eigenvalue weighted by Gasteiger charge is 2.04. The summed E-state index contributed by atoms with van der Waals surface area (Å²) in [6.45, 7) is 1.72. The van der Waals surface area contributed by atoms with Crippen LogP contribution in [0.15, 0.2) is 6.07 Å². The lowest BCUT2D eigenvalue weighted by molar-refractivity contribution is -0.138. The van der Waals surface area contributed by atoms with Gasteiger partial charge in [-0.05, 0) is 13.0 Å². The molecular weight excluding hydrogens is 196 g/mol. The number of carbonyl (C=O) groups is 1. The third kappa shape index (κ3) is 3.23. The Balaban J connectivity index is 2.74. The molecular formula is C9H10N4O2. The van der Waals surface area contributed by atoms with Crippen LogP contribution < -0.4 is 5.32 Å². The topological polar surface area (TPSA) is 87.9 Å². The van der Waals surface area contributed by atoms with Gasteiger partial charge in [0.15, 0.2) is 0 Å². The molecule has 0 atom stereocenters. The molecule has 0 amide bonds. The Morgan fingerprint density at radius 2 is 2.40 bits per heavy atom. The Kier molecular flexibility index (Phi) is 3.57. The second-order valence-electron chi connectivity index (χ2n) is 2.76. The summed E-state index contributed by atoms with van der Waals surface area (Å²) in [5, 5.41) is 11.3. The third-order valence-corrected chi connectivity index (χ3v) is 1.59. The molecule has 0 aromatic carbocycles. The van der Waals surface area contributed by atoms with Crippen LogP contribution in [0.4, 0.5) is 5.95 Å². The van der Waals surface area contributed by atoms with Gasteiger partial charge in [-0.25, -0.2) is 9.97 Å². The summed E-state index contributed by atoms with van der Waals surface area (Å²) >= 11 is 0. The lowest BCUT2D eigenvalue weighted by atomic mass is 10.3. The van der Waals surface area contributed by atoms with Gasteiger partial charge in [0.1, 0.15) is 18.3 Å². The Bertz CT molecular complexity index is 411. The first kappa shape index (κ1) is 10.9. The fourth-order valence-electron chi connectivity index (χ4n) is 0.928. The predicted molar refractivity (Wildman–Crippen MR) is 52.0 cm³/mol. The average Bonchev–Trinajstić information content (AvgIpc) is 2.25. The number of anilines is 1. The second-order valence-corrected chi connectivity index (χ2v) is 2.76. The van der Waals surface area contributed by atoms with Crippen molar-refractivity contribution in [2.75, 3.05) is 19.0 Å². The highest BCUT2D eigenvalue weighted by molar-refractivity contribution is 5.74. The van der Waals surface area contributed by atoms with Gasteiger partial charge in [0.2, 0.25) is 5.95 Å². The number of carbonyl (C=O) groups excluding carboxylic acids is 1. The lowest BCUT2D eigenvalue weighted by Crippen LogP contribution is -2.17. The van der Waals surface area contributed by atoms with Crippen LogP contribution in [0.25, 0.3) is 0 Å². The normalized spacial score (nSPS) is 9.13. The molecule has 6 nitrogen and oxygen atoms in total. The number of hydrogen-bond donors (Lipinski definition) is 1. The van der Waals surface area contributed by atoms with E-state index in [1.807, 2.05) is 6.07 Å². The minimum absolute atomic E-state index is 0.0230. The van der Waals surface area contributed by atoms with Crippen molar-refractivity contribution in [2.45, 2.75) is 6.92 Å². The van der Waals surface area contributed by atoms with Gasteiger partial charge in [0, 0.05) is 5.69 Å². The third-order valence-electron chi connectivity index (χ3n) is 1.59. The predicted octanol–water partition coefficient (Wildman–Crippen LogP) is 0.242. The first-order valence-electron chi connectivity index (χ1n) is 4.22. The Morgan fingerprint density at radius 1 is 1.67 bits per heavy atom. The number of nitrogens with zero attached hydrogens (tertiary/aromatic N) is 3. The van der Waals surface area contributed by atoms with Crippen LogP contribution >= 0.6 is 0 Å². The van der Waals surface area contributed by atoms with E-state index in [0.717, 1.165) is 0 Å². The lowest BCUT2D eigenvalue weighted by Gasteiger charge is -2.03. The Morgan fingerprint density at radius 3 is 3.00 bits per heavy atom. The molecule has 0 aliphatic heterocycles. The number of esters is 1. The van der Waals surface area contributed by atoms with Gasteiger partial charge in [-0.15, -0.1) is 0 Å². The van der Waals surface area contributed by atoms with Crippen molar-refractivity contribution in [3.63, 3.8) is 0 Å². The Hall–Kier alpha value is -2.16. The van der Waals surface area contributed by atoms with Crippen LogP contribution in [0.2, 0.25) is 0 Å². The molecule has 0 spiro atoms. The molecule has 0 bridgehead atoms. The SMILES string of the molecule is COC(=O)CNc1nc(C)cc(C#N)n1. The van der Waals surface area contributed by atoms with Gasteiger partial charge in [-0.3, -0.25) is 4.79 Å². The summed E-state index contributed by atoms with van der Waals surface area (Å²) < 4.78 is 4.44. The van der Waals surface area contributed by atoms with Gasteiger partial charge in [-0.2, -0.15) is 5.26 Å². The minimum atomic E-state index is -0.418. The van der Waals surface area contributed by atoms with Crippen molar-refractivity contribution in [1.82, 2.24) is 9.97 Å². The molecule has 0 fully saturated rings. The van der Waals surface area contributed by atoms with Crippen LogP contribution in [0.3, 0.4) is 0 Å². The molecule has 78 valence electrons. The first-order valence-corrected chi connectivity index (χ1v) is 4.22. The van der Waals surface area contributed by atoms with E-state index in [1.165, 1.54) is 7.11 Å². The van der Waals surface area contributed by atoms with Crippen molar-refractivity contribution < 1.29 is 9.53 Å². The van der Waals surface area contributed by atoms with Gasteiger partial charge in [0.25, 0.3) is 0 Å². The highest BCUT2D eigenvalue weighted by Crippen LogP contribution is 2.03. The molecule has 1 aromatic rings. The van der Waals surface area contributed by atoms with E-state index < -0.39 is 5.97 Å². The summed E-state index contributed by atoms with van der Waals surface area (Å²) in [7, 11) is 1.29. The summed E-state index contributed by atoms with van der Waals surface area (Å²) in [5.74, 6) is -0.171. The van der Waals surface area contributed by atoms with Gasteiger partial charge >= 0.3 is 5.97 Å². The number of aromatic nitrogens is 2. The second kappa shape index (κ2) is 4.91. The van der Waals surface area contributed by atoms with Crippen LogP contribution in [0.5, 0.6) is 0 Å². The number of aryl methyl sites for hydroxylation is 1. The van der Waals surface area contributed by atoms with Crippen molar-refractivity contribution in [3.8, 4) is 6.07 Å². The largest absolute Gasteiger partial charge is 0.468 e. The smallest absolute Gasteiger partial charge is 0.325 e. The number of hydrogen-bond acceptors (Lipinski definition) is 6. The highest BCUT2D eigenvalue weighted by atomic mass is 16.5. The molecule has 1 rings (SSSR count). The molecule has 0 radical (unpaired) electrons. The zero-order chi connectivity index (χ0) is 11.3. The van der Waals surface area contributed by atoms with E-state index >= 15 is 0 Å². The number of methoxy groups -OCH3 is 1. The van der Waals surface area contributed by atoms with E-state index in [1.54, 1.807) is 13.0 Å². The number of ether oxygens (including phenoxy) is 1. The maximum atomic E-state index is 10.8. The molecule has 0 saturated carbocycles. The molecule has 1 aromatic heterocycles. The summed E-state index contributed by atoms with van der Waals surface area (Å²) in [5.41, 5.74) is 0.920. The van der Waals surface area contributed by atoms with Gasteiger partial charge < -0.3 is 10.1 Å². The zero-order valence-electron chi connectivity index (χ0n) is 8.44. The quantitative estimate of drug-likeness (QED) is 0.713. The van der Waals surface area contributed by atoms with Crippen molar-refractivity contribution in [1.29, 1.82) is 5.26 Å². The maximum absolute atomic E-state index is 10.8. The van der Waals surface area contributed by atoms with E-state index in [0.29, 0.717) is 5.69 Å². The van der Waals surface area contributed by atoms with Crippen LogP contribution in [-0.2, 0) is 9.53 Å². The number of rotatable bonds is 3. The standard InChI is InChI=1S/C9H10N4O2/c1-6-3-7(4-10)13-9(12-6)11-5-8(14)15-2/h3H,5H2,1-2H3,(H,11,12,13). The monoisotopic (exact) mass is 206 g/mol. The van der Waals surface area contributed by atoms with Crippen molar-refractivity contribution in [2.24, 2.45) is 0 Å². The van der Waals surface area contributed by atoms with Gasteiger partial charge in [0.05, 0.1) is 7.11 Å². The van der Waals surface area contributed by atoms with Crippen LogP contribution in [0.1, 0.15) is 11.4 Å². The molecule has 0 aliphatic rings. The average molecular weight is 206 g/mol. The summed E-state index contributed by atoms with van der Waals surface area (Å²) in [4.78, 5) is 18.7. The molecule has 1 N–H and O–H groups in total. The molecule has 0 unspecified atom stereocenters. The van der Waals surface area contributed by atoms with E-state index in [2.05, 4.69) is 20.0 Å². The van der Waals surface area contributed by atoms with Crippen LogP contribution in [-0.4, -0.2) is 29.6 Å². The first-order chi connectivity index (χ1) is 7.15. The van der Waals surface area contributed by atoms with E-state index in [-0.39, 0.29) is 18.2 Å². The molecule has 6 heteroatoms. The molecule has 0 saturated heterocycles. The fraction of sp³-hybridized carbons (Fsp3) is 0.333. The molecule has 0 aliphatic carbocycles. The van der Waals surface area contributed by atoms with Crippen molar-refractivity contribution >= 4 is 11.9 Å². The van der Waals surface area contributed by atoms with Gasteiger partial charge in [-0.1, -0.05) is 0 Å². The number of nitriles is 1. The van der Waals surface area contributed by atoms with Crippen molar-refractivity contribution in [3.05, 3.63) is 17.5 Å². The number of nitrogens with one attached hydrogen (secondary N) is 1. The van der Waals surface area contributed by atoms with E-state index in [9.17, 15) is 4.79 Å². The molecule has 15 heavy (non-hydrogen) atoms. The summed E-state index contributed by atoms with van der Waals surface area (Å²) in [6.07, 6.45) is 0. The molecule has 1 heterocycles.